The number of rotatable bonds is 5. The van der Waals surface area contributed by atoms with Crippen molar-refractivity contribution in [2.45, 2.75) is 37.6 Å². The van der Waals surface area contributed by atoms with Crippen LogP contribution in [0, 0.1) is 6.92 Å². The molecule has 21 heavy (non-hydrogen) atoms. The highest BCUT2D eigenvalue weighted by Gasteiger charge is 2.23. The molecule has 0 aliphatic carbocycles. The number of halogens is 2. The van der Waals surface area contributed by atoms with Crippen LogP contribution in [0.5, 0.6) is 0 Å². The predicted octanol–water partition coefficient (Wildman–Crippen LogP) is 3.28. The van der Waals surface area contributed by atoms with Crippen LogP contribution in [-0.2, 0) is 10.0 Å². The number of likely N-dealkylation sites (tertiary alicyclic amines) is 1. The van der Waals surface area contributed by atoms with Crippen LogP contribution in [0.2, 0.25) is 0 Å². The fourth-order valence-electron chi connectivity index (χ4n) is 2.55. The summed E-state index contributed by atoms with van der Waals surface area (Å²) < 4.78 is 29.2. The summed E-state index contributed by atoms with van der Waals surface area (Å²) in [5.41, 5.74) is 0.992. The highest BCUT2D eigenvalue weighted by atomic mass is 79.9. The van der Waals surface area contributed by atoms with Crippen molar-refractivity contribution < 1.29 is 8.42 Å². The van der Waals surface area contributed by atoms with Gasteiger partial charge >= 0.3 is 0 Å². The van der Waals surface area contributed by atoms with Crippen molar-refractivity contribution in [1.82, 2.24) is 9.62 Å². The molecule has 1 N–H and O–H groups in total. The van der Waals surface area contributed by atoms with Gasteiger partial charge in [0.2, 0.25) is 10.0 Å². The Bertz CT molecular complexity index is 614. The second-order valence-electron chi connectivity index (χ2n) is 5.56. The number of sulfonamides is 1. The standard InChI is InChI=1S/C14H20Br2N2O2S/c1-10-7-13(16)14(8-12(10)15)21(19,20)17-11(2)9-18-5-3-4-6-18/h7-8,11,17H,3-6,9H2,1-2H3. The molecule has 1 aliphatic heterocycles. The molecule has 0 bridgehead atoms. The first-order valence-corrected chi connectivity index (χ1v) is 10.1. The van der Waals surface area contributed by atoms with Crippen molar-refractivity contribution in [3.8, 4) is 0 Å². The largest absolute Gasteiger partial charge is 0.302 e. The van der Waals surface area contributed by atoms with Crippen molar-refractivity contribution in [3.63, 3.8) is 0 Å². The van der Waals surface area contributed by atoms with E-state index in [9.17, 15) is 8.42 Å². The summed E-state index contributed by atoms with van der Waals surface area (Å²) in [5, 5.41) is 0. The van der Waals surface area contributed by atoms with Gasteiger partial charge in [-0.2, -0.15) is 0 Å². The van der Waals surface area contributed by atoms with Gasteiger partial charge in [-0.25, -0.2) is 13.1 Å². The van der Waals surface area contributed by atoms with Gasteiger partial charge in [0.1, 0.15) is 0 Å². The summed E-state index contributed by atoms with van der Waals surface area (Å²) >= 11 is 6.73. The molecule has 1 aliphatic rings. The molecule has 4 nitrogen and oxygen atoms in total. The van der Waals surface area contributed by atoms with Crippen LogP contribution in [0.3, 0.4) is 0 Å². The predicted molar refractivity (Wildman–Crippen MR) is 92.0 cm³/mol. The monoisotopic (exact) mass is 438 g/mol. The van der Waals surface area contributed by atoms with Crippen LogP contribution >= 0.6 is 31.9 Å². The molecule has 1 heterocycles. The normalized spacial score (nSPS) is 18.1. The van der Waals surface area contributed by atoms with Crippen LogP contribution in [-0.4, -0.2) is 39.0 Å². The second kappa shape index (κ2) is 7.08. The molecule has 0 saturated carbocycles. The minimum Gasteiger partial charge on any atom is -0.302 e. The first kappa shape index (κ1) is 17.4. The Labute approximate surface area is 143 Å². The second-order valence-corrected chi connectivity index (χ2v) is 8.95. The van der Waals surface area contributed by atoms with Gasteiger partial charge in [-0.15, -0.1) is 0 Å². The summed E-state index contributed by atoms with van der Waals surface area (Å²) in [7, 11) is -3.52. The zero-order valence-corrected chi connectivity index (χ0v) is 16.2. The molecule has 0 radical (unpaired) electrons. The van der Waals surface area contributed by atoms with Gasteiger partial charge in [-0.3, -0.25) is 0 Å². The lowest BCUT2D eigenvalue weighted by Gasteiger charge is -2.21. The minimum absolute atomic E-state index is 0.111. The molecule has 1 unspecified atom stereocenters. The lowest BCUT2D eigenvalue weighted by atomic mass is 10.2. The number of hydrogen-bond acceptors (Lipinski definition) is 3. The van der Waals surface area contributed by atoms with Crippen LogP contribution in [0.25, 0.3) is 0 Å². The quantitative estimate of drug-likeness (QED) is 0.765. The van der Waals surface area contributed by atoms with Gasteiger partial charge < -0.3 is 4.90 Å². The Kier molecular flexibility index (Phi) is 5.87. The number of aryl methyl sites for hydroxylation is 1. The molecule has 7 heteroatoms. The molecule has 118 valence electrons. The first-order valence-electron chi connectivity index (χ1n) is 7.00. The Morgan fingerprint density at radius 1 is 1.24 bits per heavy atom. The van der Waals surface area contributed by atoms with Crippen LogP contribution in [0.1, 0.15) is 25.3 Å². The van der Waals surface area contributed by atoms with Gasteiger partial charge in [0.15, 0.2) is 0 Å². The fourth-order valence-corrected chi connectivity index (χ4v) is 5.46. The van der Waals surface area contributed by atoms with E-state index in [1.165, 1.54) is 12.8 Å². The maximum absolute atomic E-state index is 12.5. The number of nitrogens with one attached hydrogen (secondary N) is 1. The highest BCUT2D eigenvalue weighted by Crippen LogP contribution is 2.28. The molecule has 1 aromatic carbocycles. The molecular formula is C14H20Br2N2O2S. The smallest absolute Gasteiger partial charge is 0.242 e. The topological polar surface area (TPSA) is 49.4 Å². The molecule has 0 amide bonds. The molecular weight excluding hydrogens is 420 g/mol. The molecule has 1 fully saturated rings. The summed E-state index contributed by atoms with van der Waals surface area (Å²) in [6.45, 7) is 6.71. The summed E-state index contributed by atoms with van der Waals surface area (Å²) in [6.07, 6.45) is 2.41. The average Bonchev–Trinajstić information content (AvgIpc) is 2.85. The van der Waals surface area contributed by atoms with E-state index in [4.69, 9.17) is 0 Å². The zero-order chi connectivity index (χ0) is 15.6. The van der Waals surface area contributed by atoms with Crippen molar-refractivity contribution in [3.05, 3.63) is 26.6 Å². The molecule has 1 aromatic rings. The third kappa shape index (κ3) is 4.51. The first-order chi connectivity index (χ1) is 9.79. The lowest BCUT2D eigenvalue weighted by molar-refractivity contribution is 0.312. The molecule has 2 rings (SSSR count). The van der Waals surface area contributed by atoms with Crippen LogP contribution in [0.4, 0.5) is 0 Å². The zero-order valence-electron chi connectivity index (χ0n) is 12.2. The van der Waals surface area contributed by atoms with E-state index in [0.29, 0.717) is 4.47 Å². The maximum atomic E-state index is 12.5. The lowest BCUT2D eigenvalue weighted by Crippen LogP contribution is -2.41. The highest BCUT2D eigenvalue weighted by molar-refractivity contribution is 9.11. The number of hydrogen-bond donors (Lipinski definition) is 1. The van der Waals surface area contributed by atoms with E-state index in [1.54, 1.807) is 6.07 Å². The summed E-state index contributed by atoms with van der Waals surface area (Å²) in [4.78, 5) is 2.57. The van der Waals surface area contributed by atoms with E-state index in [-0.39, 0.29) is 10.9 Å². The van der Waals surface area contributed by atoms with Crippen LogP contribution in [0.15, 0.2) is 26.0 Å². The van der Waals surface area contributed by atoms with Crippen LogP contribution < -0.4 is 4.72 Å². The Morgan fingerprint density at radius 3 is 2.48 bits per heavy atom. The van der Waals surface area contributed by atoms with Gasteiger partial charge in [0.25, 0.3) is 0 Å². The van der Waals surface area contributed by atoms with E-state index in [2.05, 4.69) is 41.5 Å². The van der Waals surface area contributed by atoms with E-state index in [1.807, 2.05) is 19.9 Å². The molecule has 0 spiro atoms. The van der Waals surface area contributed by atoms with E-state index in [0.717, 1.165) is 29.7 Å². The third-order valence-electron chi connectivity index (χ3n) is 3.59. The Morgan fingerprint density at radius 2 is 1.86 bits per heavy atom. The SMILES string of the molecule is Cc1cc(Br)c(S(=O)(=O)NC(C)CN2CCCC2)cc1Br. The maximum Gasteiger partial charge on any atom is 0.242 e. The average molecular weight is 440 g/mol. The molecule has 1 atom stereocenters. The Hall–Kier alpha value is 0.0500. The van der Waals surface area contributed by atoms with Gasteiger partial charge in [-0.1, -0.05) is 15.9 Å². The van der Waals surface area contributed by atoms with Gasteiger partial charge in [0.05, 0.1) is 4.90 Å². The number of nitrogens with zero attached hydrogens (tertiary/aromatic N) is 1. The van der Waals surface area contributed by atoms with Crippen molar-refractivity contribution in [2.24, 2.45) is 0 Å². The third-order valence-corrected chi connectivity index (χ3v) is 6.99. The van der Waals surface area contributed by atoms with E-state index >= 15 is 0 Å². The summed E-state index contributed by atoms with van der Waals surface area (Å²) in [5.74, 6) is 0. The molecule has 0 aromatic heterocycles. The minimum atomic E-state index is -3.52. The van der Waals surface area contributed by atoms with Gasteiger partial charge in [-0.05, 0) is 73.4 Å². The van der Waals surface area contributed by atoms with Crippen molar-refractivity contribution in [2.75, 3.05) is 19.6 Å². The fraction of sp³-hybridized carbons (Fsp3) is 0.571. The van der Waals surface area contributed by atoms with Gasteiger partial charge in [0, 0.05) is 21.5 Å². The summed E-state index contributed by atoms with van der Waals surface area (Å²) in [6, 6.07) is 3.34. The Balaban J connectivity index is 2.12. The van der Waals surface area contributed by atoms with Crippen molar-refractivity contribution >= 4 is 41.9 Å². The molecule has 1 saturated heterocycles. The van der Waals surface area contributed by atoms with Crippen molar-refractivity contribution in [1.29, 1.82) is 0 Å². The number of benzene rings is 1. The van der Waals surface area contributed by atoms with E-state index < -0.39 is 10.0 Å².